The Kier molecular flexibility index (Phi) is 4.08. The topological polar surface area (TPSA) is 112 Å². The van der Waals surface area contributed by atoms with Gasteiger partial charge in [0.1, 0.15) is 0 Å². The largest absolute Gasteiger partial charge is 0.368 e. The third-order valence-electron chi connectivity index (χ3n) is 2.01. The van der Waals surface area contributed by atoms with Crippen molar-refractivity contribution in [3.8, 4) is 0 Å². The molecule has 0 aliphatic carbocycles. The summed E-state index contributed by atoms with van der Waals surface area (Å²) in [7, 11) is 1.48. The monoisotopic (exact) mass is 233 g/mol. The smallest absolute Gasteiger partial charge is 0.254 e. The Bertz CT molecular complexity index is 476. The first-order valence-electron chi connectivity index (χ1n) is 4.73. The van der Waals surface area contributed by atoms with Gasteiger partial charge in [-0.15, -0.1) is 0 Å². The molecule has 2 amide bonds. The molecule has 1 aromatic carbocycles. The van der Waals surface area contributed by atoms with Crippen LogP contribution in [0, 0.1) is 0 Å². The second kappa shape index (κ2) is 5.53. The number of likely N-dealkylation sites (N-methyl/N-ethyl adjacent to an activating group) is 1. The molecular weight excluding hydrogens is 222 g/mol. The molecule has 0 aliphatic rings. The number of primary amides is 1. The number of hydrogen-bond donors (Lipinski definition) is 1. The predicted octanol–water partition coefficient (Wildman–Crippen LogP) is 1.19. The molecule has 88 valence electrons. The van der Waals surface area contributed by atoms with Gasteiger partial charge in [0, 0.05) is 23.2 Å². The minimum Gasteiger partial charge on any atom is -0.368 e. The lowest BCUT2D eigenvalue weighted by Crippen LogP contribution is -2.35. The molecular formula is C10H11N5O2. The molecule has 0 radical (unpaired) electrons. The summed E-state index contributed by atoms with van der Waals surface area (Å²) in [5, 5.41) is 3.38. The van der Waals surface area contributed by atoms with Crippen LogP contribution in [0.25, 0.3) is 10.4 Å². The lowest BCUT2D eigenvalue weighted by Gasteiger charge is -2.14. The quantitative estimate of drug-likeness (QED) is 0.478. The number of nitrogens with two attached hydrogens (primary N) is 1. The molecule has 0 aliphatic heterocycles. The Hall–Kier alpha value is -2.53. The van der Waals surface area contributed by atoms with Crippen LogP contribution in [0.1, 0.15) is 10.4 Å². The van der Waals surface area contributed by atoms with Crippen molar-refractivity contribution in [2.45, 2.75) is 0 Å². The van der Waals surface area contributed by atoms with E-state index in [-0.39, 0.29) is 12.5 Å². The number of hydrogen-bond acceptors (Lipinski definition) is 3. The molecule has 0 bridgehead atoms. The molecule has 0 unspecified atom stereocenters. The molecule has 0 atom stereocenters. The van der Waals surface area contributed by atoms with Crippen molar-refractivity contribution in [1.82, 2.24) is 4.90 Å². The zero-order chi connectivity index (χ0) is 12.8. The lowest BCUT2D eigenvalue weighted by atomic mass is 10.2. The van der Waals surface area contributed by atoms with Crippen LogP contribution in [-0.4, -0.2) is 30.3 Å². The fourth-order valence-electron chi connectivity index (χ4n) is 1.25. The number of azide groups is 1. The van der Waals surface area contributed by atoms with Crippen LogP contribution in [0.5, 0.6) is 0 Å². The minimum atomic E-state index is -0.577. The maximum Gasteiger partial charge on any atom is 0.254 e. The summed E-state index contributed by atoms with van der Waals surface area (Å²) < 4.78 is 0. The highest BCUT2D eigenvalue weighted by Crippen LogP contribution is 2.14. The SMILES string of the molecule is CN(CC(N)=O)C(=O)c1ccc(N=[N+]=[N-])cc1. The van der Waals surface area contributed by atoms with Crippen molar-refractivity contribution in [1.29, 1.82) is 0 Å². The highest BCUT2D eigenvalue weighted by Gasteiger charge is 2.12. The molecule has 2 N–H and O–H groups in total. The Labute approximate surface area is 97.4 Å². The van der Waals surface area contributed by atoms with Crippen LogP contribution in [0.4, 0.5) is 5.69 Å². The number of benzene rings is 1. The van der Waals surface area contributed by atoms with Gasteiger partial charge in [-0.1, -0.05) is 17.2 Å². The summed E-state index contributed by atoms with van der Waals surface area (Å²) in [6.45, 7) is -0.142. The number of rotatable bonds is 4. The van der Waals surface area contributed by atoms with Crippen LogP contribution in [0.2, 0.25) is 0 Å². The van der Waals surface area contributed by atoms with Crippen molar-refractivity contribution >= 4 is 17.5 Å². The van der Waals surface area contributed by atoms with E-state index in [1.807, 2.05) is 0 Å². The predicted molar refractivity (Wildman–Crippen MR) is 61.4 cm³/mol. The normalized spacial score (nSPS) is 9.24. The molecule has 7 heteroatoms. The minimum absolute atomic E-state index is 0.142. The van der Waals surface area contributed by atoms with Gasteiger partial charge in [-0.05, 0) is 17.7 Å². The van der Waals surface area contributed by atoms with Gasteiger partial charge < -0.3 is 10.6 Å². The van der Waals surface area contributed by atoms with Gasteiger partial charge in [0.05, 0.1) is 6.54 Å². The standard InChI is InChI=1S/C10H11N5O2/c1-15(6-9(11)16)10(17)7-2-4-8(5-3-7)13-14-12/h2-5H,6H2,1H3,(H2,11,16). The lowest BCUT2D eigenvalue weighted by molar-refractivity contribution is -0.118. The van der Waals surface area contributed by atoms with Gasteiger partial charge in [-0.3, -0.25) is 9.59 Å². The molecule has 1 rings (SSSR count). The highest BCUT2D eigenvalue weighted by atomic mass is 16.2. The first-order valence-corrected chi connectivity index (χ1v) is 4.73. The molecule has 17 heavy (non-hydrogen) atoms. The number of carbonyl (C=O) groups is 2. The number of amides is 2. The molecule has 7 nitrogen and oxygen atoms in total. The maximum absolute atomic E-state index is 11.8. The fraction of sp³-hybridized carbons (Fsp3) is 0.200. The van der Waals surface area contributed by atoms with Gasteiger partial charge >= 0.3 is 0 Å². The number of nitrogens with zero attached hydrogens (tertiary/aromatic N) is 4. The summed E-state index contributed by atoms with van der Waals surface area (Å²) in [4.78, 5) is 26.3. The Morgan fingerprint density at radius 3 is 2.47 bits per heavy atom. The van der Waals surface area contributed by atoms with Crippen molar-refractivity contribution in [2.24, 2.45) is 10.8 Å². The molecule has 0 saturated carbocycles. The second-order valence-electron chi connectivity index (χ2n) is 3.36. The average molecular weight is 233 g/mol. The summed E-state index contributed by atoms with van der Waals surface area (Å²) in [6.07, 6.45) is 0. The van der Waals surface area contributed by atoms with Gasteiger partial charge in [0.2, 0.25) is 5.91 Å². The van der Waals surface area contributed by atoms with Crippen molar-refractivity contribution in [3.63, 3.8) is 0 Å². The molecule has 0 heterocycles. The van der Waals surface area contributed by atoms with E-state index in [1.165, 1.54) is 36.2 Å². The summed E-state index contributed by atoms with van der Waals surface area (Å²) in [5.41, 5.74) is 14.0. The van der Waals surface area contributed by atoms with E-state index in [2.05, 4.69) is 10.0 Å². The fourth-order valence-corrected chi connectivity index (χ4v) is 1.25. The third-order valence-corrected chi connectivity index (χ3v) is 2.01. The van der Waals surface area contributed by atoms with Crippen LogP contribution in [0.15, 0.2) is 29.4 Å². The first-order chi connectivity index (χ1) is 8.04. The zero-order valence-corrected chi connectivity index (χ0v) is 9.20. The van der Waals surface area contributed by atoms with E-state index >= 15 is 0 Å². The summed E-state index contributed by atoms with van der Waals surface area (Å²) >= 11 is 0. The van der Waals surface area contributed by atoms with E-state index in [0.29, 0.717) is 11.3 Å². The van der Waals surface area contributed by atoms with E-state index in [1.54, 1.807) is 0 Å². The molecule has 0 aromatic heterocycles. The number of carbonyl (C=O) groups excluding carboxylic acids is 2. The van der Waals surface area contributed by atoms with Crippen molar-refractivity contribution in [2.75, 3.05) is 13.6 Å². The van der Waals surface area contributed by atoms with Crippen LogP contribution in [-0.2, 0) is 4.79 Å². The highest BCUT2D eigenvalue weighted by molar-refractivity contribution is 5.96. The zero-order valence-electron chi connectivity index (χ0n) is 9.20. The van der Waals surface area contributed by atoms with Gasteiger partial charge in [0.25, 0.3) is 5.91 Å². The van der Waals surface area contributed by atoms with E-state index in [9.17, 15) is 9.59 Å². The second-order valence-corrected chi connectivity index (χ2v) is 3.36. The van der Waals surface area contributed by atoms with E-state index in [0.717, 1.165) is 0 Å². The molecule has 0 spiro atoms. The van der Waals surface area contributed by atoms with Gasteiger partial charge in [0.15, 0.2) is 0 Å². The first kappa shape index (κ1) is 12.5. The Morgan fingerprint density at radius 2 is 2.00 bits per heavy atom. The average Bonchev–Trinajstić information content (AvgIpc) is 2.28. The van der Waals surface area contributed by atoms with Crippen molar-refractivity contribution < 1.29 is 9.59 Å². The van der Waals surface area contributed by atoms with Crippen LogP contribution < -0.4 is 5.73 Å². The van der Waals surface area contributed by atoms with E-state index < -0.39 is 5.91 Å². The summed E-state index contributed by atoms with van der Waals surface area (Å²) in [5.74, 6) is -0.900. The van der Waals surface area contributed by atoms with Gasteiger partial charge in [-0.2, -0.15) is 0 Å². The molecule has 0 saturated heterocycles. The van der Waals surface area contributed by atoms with Gasteiger partial charge in [-0.25, -0.2) is 0 Å². The Balaban J connectivity index is 2.82. The Morgan fingerprint density at radius 1 is 1.41 bits per heavy atom. The maximum atomic E-state index is 11.8. The third kappa shape index (κ3) is 3.51. The molecule has 0 fully saturated rings. The van der Waals surface area contributed by atoms with E-state index in [4.69, 9.17) is 11.3 Å². The molecule has 1 aromatic rings. The summed E-state index contributed by atoms with van der Waals surface area (Å²) in [6, 6.07) is 6.07. The van der Waals surface area contributed by atoms with Crippen LogP contribution >= 0.6 is 0 Å². The van der Waals surface area contributed by atoms with Crippen molar-refractivity contribution in [3.05, 3.63) is 40.3 Å². The van der Waals surface area contributed by atoms with Crippen LogP contribution in [0.3, 0.4) is 0 Å².